The summed E-state index contributed by atoms with van der Waals surface area (Å²) >= 11 is 6.67. The van der Waals surface area contributed by atoms with Crippen LogP contribution in [0, 0.1) is 11.8 Å². The number of ether oxygens (including phenoxy) is 1. The van der Waals surface area contributed by atoms with Gasteiger partial charge < -0.3 is 15.2 Å². The quantitative estimate of drug-likeness (QED) is 0.781. The van der Waals surface area contributed by atoms with E-state index in [1.54, 1.807) is 19.1 Å². The Labute approximate surface area is 134 Å². The summed E-state index contributed by atoms with van der Waals surface area (Å²) in [6.45, 7) is 3.09. The third-order valence-corrected chi connectivity index (χ3v) is 4.33. The number of hydrogen-bond acceptors (Lipinski definition) is 3. The highest BCUT2D eigenvalue weighted by molar-refractivity contribution is 9.11. The summed E-state index contributed by atoms with van der Waals surface area (Å²) in [6, 6.07) is 3.41. The molecule has 0 aromatic heterocycles. The van der Waals surface area contributed by atoms with E-state index in [1.165, 1.54) is 14.0 Å². The summed E-state index contributed by atoms with van der Waals surface area (Å²) < 4.78 is 6.58. The number of amides is 1. The lowest BCUT2D eigenvalue weighted by Crippen LogP contribution is -2.30. The van der Waals surface area contributed by atoms with Gasteiger partial charge in [-0.15, -0.1) is 0 Å². The molecule has 0 spiro atoms. The topological polar surface area (TPSA) is 75.6 Å². The van der Waals surface area contributed by atoms with Crippen LogP contribution in [0.2, 0.25) is 0 Å². The minimum absolute atomic E-state index is 0.357. The Morgan fingerprint density at radius 1 is 1.20 bits per heavy atom. The van der Waals surface area contributed by atoms with Gasteiger partial charge in [0.15, 0.2) is 0 Å². The van der Waals surface area contributed by atoms with Crippen LogP contribution in [0.25, 0.3) is 0 Å². The largest absolute Gasteiger partial charge is 0.495 e. The van der Waals surface area contributed by atoms with E-state index in [9.17, 15) is 9.59 Å². The van der Waals surface area contributed by atoms with Gasteiger partial charge in [0.1, 0.15) is 5.75 Å². The van der Waals surface area contributed by atoms with Crippen LogP contribution < -0.4 is 10.1 Å². The SMILES string of the molecule is COc1cc(NC(=O)C(C)C(C)C(=O)O)c(Br)cc1Br. The fourth-order valence-electron chi connectivity index (χ4n) is 1.47. The van der Waals surface area contributed by atoms with Crippen molar-refractivity contribution in [3.05, 3.63) is 21.1 Å². The first-order valence-corrected chi connectivity index (χ1v) is 7.43. The Morgan fingerprint density at radius 2 is 1.80 bits per heavy atom. The number of aliphatic carboxylic acids is 1. The van der Waals surface area contributed by atoms with Gasteiger partial charge in [0.2, 0.25) is 5.91 Å². The Morgan fingerprint density at radius 3 is 2.30 bits per heavy atom. The molecule has 0 radical (unpaired) electrons. The van der Waals surface area contributed by atoms with Gasteiger partial charge in [-0.2, -0.15) is 0 Å². The Kier molecular flexibility index (Phi) is 6.01. The van der Waals surface area contributed by atoms with E-state index in [0.717, 1.165) is 4.47 Å². The van der Waals surface area contributed by atoms with Crippen LogP contribution in [-0.4, -0.2) is 24.1 Å². The van der Waals surface area contributed by atoms with Gasteiger partial charge in [-0.1, -0.05) is 13.8 Å². The number of anilines is 1. The zero-order chi connectivity index (χ0) is 15.4. The highest BCUT2D eigenvalue weighted by Gasteiger charge is 2.26. The first-order valence-electron chi connectivity index (χ1n) is 5.84. The molecule has 0 aliphatic rings. The highest BCUT2D eigenvalue weighted by atomic mass is 79.9. The third-order valence-electron chi connectivity index (χ3n) is 3.05. The van der Waals surface area contributed by atoms with Crippen LogP contribution >= 0.6 is 31.9 Å². The second-order valence-electron chi connectivity index (χ2n) is 4.37. The van der Waals surface area contributed by atoms with Crippen molar-refractivity contribution in [1.29, 1.82) is 0 Å². The molecule has 1 aromatic carbocycles. The lowest BCUT2D eigenvalue weighted by molar-refractivity contribution is -0.145. The molecule has 1 aromatic rings. The molecule has 0 aliphatic heterocycles. The maximum Gasteiger partial charge on any atom is 0.307 e. The summed E-state index contributed by atoms with van der Waals surface area (Å²) in [5, 5.41) is 11.6. The number of rotatable bonds is 5. The predicted molar refractivity (Wildman–Crippen MR) is 83.0 cm³/mol. The molecule has 0 bridgehead atoms. The summed E-state index contributed by atoms with van der Waals surface area (Å²) in [5.41, 5.74) is 0.527. The van der Waals surface area contributed by atoms with Crippen molar-refractivity contribution in [2.45, 2.75) is 13.8 Å². The van der Waals surface area contributed by atoms with Gasteiger partial charge in [-0.3, -0.25) is 9.59 Å². The van der Waals surface area contributed by atoms with E-state index >= 15 is 0 Å². The molecule has 7 heteroatoms. The van der Waals surface area contributed by atoms with Crippen molar-refractivity contribution >= 4 is 49.4 Å². The Bertz CT molecular complexity index is 533. The third kappa shape index (κ3) is 3.96. The van der Waals surface area contributed by atoms with Crippen LogP contribution in [-0.2, 0) is 9.59 Å². The number of nitrogens with one attached hydrogen (secondary N) is 1. The first kappa shape index (κ1) is 17.0. The van der Waals surface area contributed by atoms with Crippen LogP contribution in [0.1, 0.15) is 13.8 Å². The average Bonchev–Trinajstić information content (AvgIpc) is 2.39. The van der Waals surface area contributed by atoms with Gasteiger partial charge in [-0.25, -0.2) is 0 Å². The molecule has 0 fully saturated rings. The highest BCUT2D eigenvalue weighted by Crippen LogP contribution is 2.34. The zero-order valence-electron chi connectivity index (χ0n) is 11.2. The molecular weight excluding hydrogens is 394 g/mol. The Balaban J connectivity index is 2.93. The number of carboxylic acid groups (broad SMARTS) is 1. The molecule has 1 amide bonds. The number of halogens is 2. The smallest absolute Gasteiger partial charge is 0.307 e. The molecule has 0 aliphatic carbocycles. The average molecular weight is 409 g/mol. The summed E-state index contributed by atoms with van der Waals surface area (Å²) in [4.78, 5) is 22.9. The monoisotopic (exact) mass is 407 g/mol. The number of methoxy groups -OCH3 is 1. The minimum Gasteiger partial charge on any atom is -0.495 e. The number of carboxylic acids is 1. The van der Waals surface area contributed by atoms with Crippen LogP contribution in [0.5, 0.6) is 5.75 Å². The Hall–Kier alpha value is -1.08. The second-order valence-corrected chi connectivity index (χ2v) is 6.08. The fourth-order valence-corrected chi connectivity index (χ4v) is 2.72. The molecule has 0 saturated carbocycles. The van der Waals surface area contributed by atoms with Crippen molar-refractivity contribution in [2.75, 3.05) is 12.4 Å². The van der Waals surface area contributed by atoms with Gasteiger partial charge >= 0.3 is 5.97 Å². The van der Waals surface area contributed by atoms with E-state index in [2.05, 4.69) is 37.2 Å². The molecule has 2 atom stereocenters. The summed E-state index contributed by atoms with van der Waals surface area (Å²) in [7, 11) is 1.52. The molecule has 110 valence electrons. The molecule has 1 rings (SSSR count). The minimum atomic E-state index is -1.000. The molecule has 20 heavy (non-hydrogen) atoms. The normalized spacial score (nSPS) is 13.4. The first-order chi connectivity index (χ1) is 9.27. The van der Waals surface area contributed by atoms with Crippen molar-refractivity contribution < 1.29 is 19.4 Å². The van der Waals surface area contributed by atoms with Gasteiger partial charge in [0.05, 0.1) is 23.2 Å². The maximum atomic E-state index is 12.0. The lowest BCUT2D eigenvalue weighted by Gasteiger charge is -2.17. The fraction of sp³-hybridized carbons (Fsp3) is 0.385. The number of carbonyl (C=O) groups excluding carboxylic acids is 1. The number of benzene rings is 1. The van der Waals surface area contributed by atoms with Crippen LogP contribution in [0.15, 0.2) is 21.1 Å². The van der Waals surface area contributed by atoms with E-state index < -0.39 is 17.8 Å². The maximum absolute atomic E-state index is 12.0. The molecular formula is C13H15Br2NO4. The van der Waals surface area contributed by atoms with E-state index in [1.807, 2.05) is 0 Å². The van der Waals surface area contributed by atoms with Crippen LogP contribution in [0.4, 0.5) is 5.69 Å². The van der Waals surface area contributed by atoms with E-state index in [4.69, 9.17) is 9.84 Å². The van der Waals surface area contributed by atoms with Gasteiger partial charge in [0, 0.05) is 16.5 Å². The van der Waals surface area contributed by atoms with E-state index in [-0.39, 0.29) is 5.91 Å². The molecule has 0 saturated heterocycles. The van der Waals surface area contributed by atoms with Gasteiger partial charge in [-0.05, 0) is 37.9 Å². The van der Waals surface area contributed by atoms with Crippen LogP contribution in [0.3, 0.4) is 0 Å². The predicted octanol–water partition coefficient (Wildman–Crippen LogP) is 3.52. The van der Waals surface area contributed by atoms with Crippen molar-refractivity contribution in [1.82, 2.24) is 0 Å². The number of hydrogen-bond donors (Lipinski definition) is 2. The molecule has 2 N–H and O–H groups in total. The molecule has 2 unspecified atom stereocenters. The van der Waals surface area contributed by atoms with E-state index in [0.29, 0.717) is 15.9 Å². The zero-order valence-corrected chi connectivity index (χ0v) is 14.4. The van der Waals surface area contributed by atoms with Crippen molar-refractivity contribution in [3.8, 4) is 5.75 Å². The van der Waals surface area contributed by atoms with Crippen molar-refractivity contribution in [3.63, 3.8) is 0 Å². The molecule has 0 heterocycles. The lowest BCUT2D eigenvalue weighted by atomic mass is 9.95. The molecule has 5 nitrogen and oxygen atoms in total. The van der Waals surface area contributed by atoms with Gasteiger partial charge in [0.25, 0.3) is 0 Å². The summed E-state index contributed by atoms with van der Waals surface area (Å²) in [5.74, 6) is -2.19. The van der Waals surface area contributed by atoms with Crippen molar-refractivity contribution in [2.24, 2.45) is 11.8 Å². The number of carbonyl (C=O) groups is 2. The summed E-state index contributed by atoms with van der Waals surface area (Å²) in [6.07, 6.45) is 0. The second kappa shape index (κ2) is 7.08. The standard InChI is InChI=1S/C13H15Br2NO4/c1-6(7(2)13(18)19)12(17)16-10-5-11(20-3)9(15)4-8(10)14/h4-7H,1-3H3,(H,16,17)(H,18,19).